The fourth-order valence-corrected chi connectivity index (χ4v) is 2.53. The SMILES string of the molecule is CC(=O)C(Cl)(Br)CCNc1ncnc2ccsc12. The van der Waals surface area contributed by atoms with Crippen molar-refractivity contribution in [2.24, 2.45) is 0 Å². The van der Waals surface area contributed by atoms with Gasteiger partial charge >= 0.3 is 0 Å². The zero-order valence-corrected chi connectivity index (χ0v) is 12.8. The summed E-state index contributed by atoms with van der Waals surface area (Å²) in [5.74, 6) is 0.674. The number of Topliss-reactive ketones (excluding diaryl/α,β-unsaturated/α-hetero) is 1. The van der Waals surface area contributed by atoms with Crippen molar-refractivity contribution < 1.29 is 4.79 Å². The maximum Gasteiger partial charge on any atom is 0.161 e. The van der Waals surface area contributed by atoms with Gasteiger partial charge in [0, 0.05) is 13.0 Å². The summed E-state index contributed by atoms with van der Waals surface area (Å²) in [4.78, 5) is 19.6. The summed E-state index contributed by atoms with van der Waals surface area (Å²) in [7, 11) is 0. The van der Waals surface area contributed by atoms with Crippen LogP contribution in [0.25, 0.3) is 10.2 Å². The predicted octanol–water partition coefficient (Wildman–Crippen LogP) is 3.41. The minimum Gasteiger partial charge on any atom is -0.369 e. The third kappa shape index (κ3) is 2.99. The van der Waals surface area contributed by atoms with E-state index >= 15 is 0 Å². The molecule has 2 rings (SSSR count). The fraction of sp³-hybridized carbons (Fsp3) is 0.364. The zero-order chi connectivity index (χ0) is 13.2. The Hall–Kier alpha value is -0.720. The molecular weight excluding hydrogens is 338 g/mol. The molecule has 7 heteroatoms. The Balaban J connectivity index is 2.03. The van der Waals surface area contributed by atoms with Gasteiger partial charge in [-0.3, -0.25) is 4.79 Å². The summed E-state index contributed by atoms with van der Waals surface area (Å²) in [5, 5.41) is 5.15. The van der Waals surface area contributed by atoms with Gasteiger partial charge in [-0.05, 0) is 18.4 Å². The summed E-state index contributed by atoms with van der Waals surface area (Å²) in [6.45, 7) is 2.02. The van der Waals surface area contributed by atoms with Crippen molar-refractivity contribution in [3.63, 3.8) is 0 Å². The molecule has 0 saturated heterocycles. The van der Waals surface area contributed by atoms with Crippen molar-refractivity contribution in [1.29, 1.82) is 0 Å². The quantitative estimate of drug-likeness (QED) is 0.841. The van der Waals surface area contributed by atoms with Crippen LogP contribution in [0.2, 0.25) is 0 Å². The van der Waals surface area contributed by atoms with Gasteiger partial charge in [0.05, 0.1) is 10.2 Å². The second-order valence-corrected chi connectivity index (χ2v) is 7.17. The van der Waals surface area contributed by atoms with Crippen LogP contribution >= 0.6 is 38.9 Å². The van der Waals surface area contributed by atoms with E-state index in [1.807, 2.05) is 11.4 Å². The number of nitrogens with one attached hydrogen (secondary N) is 1. The van der Waals surface area contributed by atoms with Crippen LogP contribution in [-0.2, 0) is 4.79 Å². The van der Waals surface area contributed by atoms with Crippen molar-refractivity contribution in [2.45, 2.75) is 17.1 Å². The number of thiophene rings is 1. The van der Waals surface area contributed by atoms with E-state index in [0.717, 1.165) is 16.0 Å². The van der Waals surface area contributed by atoms with Crippen molar-refractivity contribution in [3.05, 3.63) is 17.8 Å². The molecular formula is C11H11BrClN3OS. The van der Waals surface area contributed by atoms with E-state index in [-0.39, 0.29) is 5.78 Å². The van der Waals surface area contributed by atoms with Crippen LogP contribution in [0, 0.1) is 0 Å². The van der Waals surface area contributed by atoms with E-state index < -0.39 is 3.78 Å². The van der Waals surface area contributed by atoms with Gasteiger partial charge < -0.3 is 5.32 Å². The number of fused-ring (bicyclic) bond motifs is 1. The van der Waals surface area contributed by atoms with E-state index in [1.165, 1.54) is 13.3 Å². The highest BCUT2D eigenvalue weighted by Crippen LogP contribution is 2.29. The number of hydrogen-bond acceptors (Lipinski definition) is 5. The van der Waals surface area contributed by atoms with Gasteiger partial charge in [-0.1, -0.05) is 27.5 Å². The molecule has 18 heavy (non-hydrogen) atoms. The molecule has 0 spiro atoms. The highest BCUT2D eigenvalue weighted by molar-refractivity contribution is 9.10. The normalized spacial score (nSPS) is 14.4. The minimum absolute atomic E-state index is 0.102. The molecule has 96 valence electrons. The number of alkyl halides is 2. The molecule has 0 saturated carbocycles. The first-order valence-electron chi connectivity index (χ1n) is 5.31. The second kappa shape index (κ2) is 5.50. The second-order valence-electron chi connectivity index (χ2n) is 3.79. The molecule has 0 aliphatic rings. The Bertz CT molecular complexity index is 572. The summed E-state index contributed by atoms with van der Waals surface area (Å²) >= 11 is 10.8. The number of ketones is 1. The Morgan fingerprint density at radius 3 is 3.11 bits per heavy atom. The smallest absolute Gasteiger partial charge is 0.161 e. The first-order chi connectivity index (χ1) is 8.50. The number of rotatable bonds is 5. The van der Waals surface area contributed by atoms with Gasteiger partial charge in [-0.2, -0.15) is 0 Å². The van der Waals surface area contributed by atoms with Gasteiger partial charge in [-0.25, -0.2) is 9.97 Å². The third-order valence-corrected chi connectivity index (χ3v) is 4.81. The lowest BCUT2D eigenvalue weighted by molar-refractivity contribution is -0.117. The highest BCUT2D eigenvalue weighted by atomic mass is 79.9. The topological polar surface area (TPSA) is 54.9 Å². The average molecular weight is 349 g/mol. The first kappa shape index (κ1) is 13.7. The molecule has 4 nitrogen and oxygen atoms in total. The Morgan fingerprint density at radius 1 is 1.61 bits per heavy atom. The lowest BCUT2D eigenvalue weighted by atomic mass is 10.2. The van der Waals surface area contributed by atoms with Crippen LogP contribution in [0.5, 0.6) is 0 Å². The van der Waals surface area contributed by atoms with E-state index in [1.54, 1.807) is 11.3 Å². The molecule has 1 atom stereocenters. The summed E-state index contributed by atoms with van der Waals surface area (Å²) in [6.07, 6.45) is 1.99. The van der Waals surface area contributed by atoms with Crippen LogP contribution in [0.3, 0.4) is 0 Å². The molecule has 2 aromatic rings. The minimum atomic E-state index is -0.998. The molecule has 0 fully saturated rings. The zero-order valence-electron chi connectivity index (χ0n) is 9.61. The van der Waals surface area contributed by atoms with Crippen molar-refractivity contribution in [3.8, 4) is 0 Å². The monoisotopic (exact) mass is 347 g/mol. The number of aromatic nitrogens is 2. The van der Waals surface area contributed by atoms with Crippen LogP contribution in [0.1, 0.15) is 13.3 Å². The largest absolute Gasteiger partial charge is 0.369 e. The van der Waals surface area contributed by atoms with Crippen molar-refractivity contribution in [1.82, 2.24) is 9.97 Å². The maximum absolute atomic E-state index is 11.2. The molecule has 0 aliphatic heterocycles. The molecule has 0 aliphatic carbocycles. The molecule has 2 aromatic heterocycles. The summed E-state index contributed by atoms with van der Waals surface area (Å²) in [5.41, 5.74) is 0.917. The number of hydrogen-bond donors (Lipinski definition) is 1. The van der Waals surface area contributed by atoms with Gasteiger partial charge in [-0.15, -0.1) is 11.3 Å². The molecule has 1 N–H and O–H groups in total. The maximum atomic E-state index is 11.2. The predicted molar refractivity (Wildman–Crippen MR) is 78.7 cm³/mol. The molecule has 0 radical (unpaired) electrons. The van der Waals surface area contributed by atoms with Gasteiger partial charge in [0.15, 0.2) is 9.57 Å². The number of halogens is 2. The van der Waals surface area contributed by atoms with Crippen LogP contribution in [0.4, 0.5) is 5.82 Å². The number of carbonyl (C=O) groups excluding carboxylic acids is 1. The number of carbonyl (C=O) groups is 1. The van der Waals surface area contributed by atoms with E-state index in [4.69, 9.17) is 11.6 Å². The third-order valence-electron chi connectivity index (χ3n) is 2.49. The van der Waals surface area contributed by atoms with Gasteiger partial charge in [0.2, 0.25) is 0 Å². The Labute approximate surface area is 122 Å². The molecule has 0 bridgehead atoms. The Morgan fingerprint density at radius 2 is 2.39 bits per heavy atom. The fourth-order valence-electron chi connectivity index (χ4n) is 1.43. The van der Waals surface area contributed by atoms with Gasteiger partial charge in [0.25, 0.3) is 0 Å². The molecule has 0 amide bonds. The molecule has 2 heterocycles. The average Bonchev–Trinajstić information content (AvgIpc) is 2.77. The lowest BCUT2D eigenvalue weighted by Crippen LogP contribution is -2.25. The first-order valence-corrected chi connectivity index (χ1v) is 7.37. The number of nitrogens with zero attached hydrogens (tertiary/aromatic N) is 2. The molecule has 0 aromatic carbocycles. The van der Waals surface area contributed by atoms with E-state index in [0.29, 0.717) is 13.0 Å². The number of anilines is 1. The van der Waals surface area contributed by atoms with E-state index in [2.05, 4.69) is 31.2 Å². The summed E-state index contributed by atoms with van der Waals surface area (Å²) in [6, 6.07) is 1.94. The standard InChI is InChI=1S/C11H11BrClN3OS/c1-7(17)11(12,13)3-4-14-10-9-8(2-5-18-9)15-6-16-10/h2,5-6H,3-4H2,1H3,(H,14,15,16). The lowest BCUT2D eigenvalue weighted by Gasteiger charge is -2.16. The van der Waals surface area contributed by atoms with Crippen LogP contribution in [0.15, 0.2) is 17.8 Å². The Kier molecular flexibility index (Phi) is 4.19. The summed E-state index contributed by atoms with van der Waals surface area (Å²) < 4.78 is 0.0109. The van der Waals surface area contributed by atoms with Gasteiger partial charge in [0.1, 0.15) is 12.1 Å². The van der Waals surface area contributed by atoms with Crippen LogP contribution < -0.4 is 5.32 Å². The highest BCUT2D eigenvalue weighted by Gasteiger charge is 2.28. The molecule has 1 unspecified atom stereocenters. The van der Waals surface area contributed by atoms with E-state index in [9.17, 15) is 4.79 Å². The van der Waals surface area contributed by atoms with Crippen molar-refractivity contribution >= 4 is 60.7 Å². The van der Waals surface area contributed by atoms with Crippen molar-refractivity contribution in [2.75, 3.05) is 11.9 Å². The van der Waals surface area contributed by atoms with Crippen LogP contribution in [-0.4, -0.2) is 26.1 Å².